The van der Waals surface area contributed by atoms with Crippen LogP contribution in [0, 0.1) is 0 Å². The molecular formula is C26H27N5O4. The highest BCUT2D eigenvalue weighted by Crippen LogP contribution is 2.26. The lowest BCUT2D eigenvalue weighted by Crippen LogP contribution is -2.47. The Balaban J connectivity index is 1.12. The Morgan fingerprint density at radius 1 is 1.20 bits per heavy atom. The van der Waals surface area contributed by atoms with Gasteiger partial charge < -0.3 is 24.3 Å². The number of aromatic amines is 1. The number of para-hydroxylation sites is 1. The summed E-state index contributed by atoms with van der Waals surface area (Å²) in [5.74, 6) is 1.64. The molecular weight excluding hydrogens is 446 g/mol. The van der Waals surface area contributed by atoms with Crippen LogP contribution in [0.2, 0.25) is 0 Å². The Kier molecular flexibility index (Phi) is 6.49. The molecule has 1 aliphatic rings. The fourth-order valence-electron chi connectivity index (χ4n) is 4.26. The van der Waals surface area contributed by atoms with E-state index in [2.05, 4.69) is 26.1 Å². The van der Waals surface area contributed by atoms with Crippen LogP contribution >= 0.6 is 0 Å². The van der Waals surface area contributed by atoms with Gasteiger partial charge in [0.2, 0.25) is 11.8 Å². The fourth-order valence-corrected chi connectivity index (χ4v) is 4.26. The number of benzene rings is 2. The van der Waals surface area contributed by atoms with Crippen molar-refractivity contribution in [3.05, 3.63) is 77.6 Å². The first kappa shape index (κ1) is 22.7. The summed E-state index contributed by atoms with van der Waals surface area (Å²) < 4.78 is 10.6. The van der Waals surface area contributed by atoms with Crippen LogP contribution in [-0.4, -0.2) is 69.2 Å². The summed E-state index contributed by atoms with van der Waals surface area (Å²) in [5, 5.41) is 15.0. The normalized spacial score (nSPS) is 14.7. The molecule has 1 fully saturated rings. The van der Waals surface area contributed by atoms with E-state index in [9.17, 15) is 9.90 Å². The molecule has 2 aromatic carbocycles. The fraction of sp³-hybridized carbons (Fsp3) is 0.269. The number of piperazine rings is 1. The summed E-state index contributed by atoms with van der Waals surface area (Å²) in [6, 6.07) is 13.1. The number of nitrogens with one attached hydrogen (secondary N) is 1. The van der Waals surface area contributed by atoms with Crippen LogP contribution in [0.15, 0.2) is 59.3 Å². The minimum absolute atomic E-state index is 0.0442. The molecule has 5 rings (SSSR count). The summed E-state index contributed by atoms with van der Waals surface area (Å²) in [6.07, 6.45) is 5.85. The van der Waals surface area contributed by atoms with Gasteiger partial charge in [-0.1, -0.05) is 29.4 Å². The molecule has 9 nitrogen and oxygen atoms in total. The molecule has 2 aromatic heterocycles. The second-order valence-electron chi connectivity index (χ2n) is 8.51. The zero-order valence-electron chi connectivity index (χ0n) is 19.5. The quantitative estimate of drug-likeness (QED) is 0.397. The van der Waals surface area contributed by atoms with Crippen LogP contribution in [-0.2, 0) is 17.8 Å². The summed E-state index contributed by atoms with van der Waals surface area (Å²) in [6.45, 7) is 3.31. The van der Waals surface area contributed by atoms with E-state index in [-0.39, 0.29) is 11.7 Å². The number of aromatic hydroxyl groups is 1. The van der Waals surface area contributed by atoms with E-state index < -0.39 is 0 Å². The number of methoxy groups -OCH3 is 1. The van der Waals surface area contributed by atoms with Crippen LogP contribution in [0.3, 0.4) is 0 Å². The molecule has 35 heavy (non-hydrogen) atoms. The van der Waals surface area contributed by atoms with Gasteiger partial charge in [0.25, 0.3) is 0 Å². The summed E-state index contributed by atoms with van der Waals surface area (Å²) in [7, 11) is 1.49. The monoisotopic (exact) mass is 473 g/mol. The third-order valence-corrected chi connectivity index (χ3v) is 6.20. The Morgan fingerprint density at radius 2 is 2.03 bits per heavy atom. The van der Waals surface area contributed by atoms with Crippen molar-refractivity contribution >= 4 is 22.9 Å². The van der Waals surface area contributed by atoms with Crippen molar-refractivity contribution in [3.8, 4) is 11.5 Å². The first-order chi connectivity index (χ1) is 17.1. The summed E-state index contributed by atoms with van der Waals surface area (Å²) >= 11 is 0. The molecule has 0 spiro atoms. The smallest absolute Gasteiger partial charge is 0.246 e. The molecule has 0 unspecified atom stereocenters. The highest BCUT2D eigenvalue weighted by molar-refractivity contribution is 5.92. The van der Waals surface area contributed by atoms with Crippen LogP contribution in [0.1, 0.15) is 22.8 Å². The van der Waals surface area contributed by atoms with Crippen molar-refractivity contribution in [2.75, 3.05) is 33.3 Å². The molecule has 1 amide bonds. The highest BCUT2D eigenvalue weighted by atomic mass is 16.5. The molecule has 180 valence electrons. The molecule has 1 saturated heterocycles. The van der Waals surface area contributed by atoms with Gasteiger partial charge in [0.05, 0.1) is 20.1 Å². The molecule has 0 bridgehead atoms. The SMILES string of the molecule is COc1cc(/C=C/C(=O)N2CCN(Cc3noc(Cc4c[nH]c5ccccc45)n3)CC2)ccc1O. The van der Waals surface area contributed by atoms with Crippen molar-refractivity contribution in [2.45, 2.75) is 13.0 Å². The number of nitrogens with zero attached hydrogens (tertiary/aromatic N) is 4. The maximum Gasteiger partial charge on any atom is 0.246 e. The van der Waals surface area contributed by atoms with E-state index in [1.54, 1.807) is 30.4 Å². The van der Waals surface area contributed by atoms with Gasteiger partial charge >= 0.3 is 0 Å². The number of H-pyrrole nitrogens is 1. The molecule has 0 atom stereocenters. The average molecular weight is 474 g/mol. The molecule has 0 radical (unpaired) electrons. The van der Waals surface area contributed by atoms with Crippen molar-refractivity contribution in [1.29, 1.82) is 0 Å². The molecule has 1 aliphatic heterocycles. The van der Waals surface area contributed by atoms with E-state index in [0.29, 0.717) is 43.5 Å². The number of fused-ring (bicyclic) bond motifs is 1. The van der Waals surface area contributed by atoms with E-state index in [4.69, 9.17) is 9.26 Å². The standard InChI is InChI=1S/C26H27N5O4/c1-34-23-14-18(6-8-22(23)32)7-9-26(33)31-12-10-30(11-13-31)17-24-28-25(35-29-24)15-19-16-27-21-5-3-2-4-20(19)21/h2-9,14,16,27,32H,10-13,15,17H2,1H3/b9-7+. The van der Waals surface area contributed by atoms with Crippen molar-refractivity contribution in [3.63, 3.8) is 0 Å². The number of aromatic nitrogens is 3. The molecule has 2 N–H and O–H groups in total. The van der Waals surface area contributed by atoms with Crippen LogP contribution < -0.4 is 4.74 Å². The molecule has 0 aliphatic carbocycles. The van der Waals surface area contributed by atoms with Gasteiger partial charge in [-0.3, -0.25) is 9.69 Å². The second kappa shape index (κ2) is 10.0. The van der Waals surface area contributed by atoms with Gasteiger partial charge in [-0.15, -0.1) is 0 Å². The van der Waals surface area contributed by atoms with Crippen LogP contribution in [0.25, 0.3) is 17.0 Å². The first-order valence-corrected chi connectivity index (χ1v) is 11.5. The van der Waals surface area contributed by atoms with E-state index in [0.717, 1.165) is 35.1 Å². The number of carbonyl (C=O) groups excluding carboxylic acids is 1. The van der Waals surface area contributed by atoms with Gasteiger partial charge in [0.15, 0.2) is 17.3 Å². The minimum atomic E-state index is -0.0442. The highest BCUT2D eigenvalue weighted by Gasteiger charge is 2.21. The lowest BCUT2D eigenvalue weighted by molar-refractivity contribution is -0.127. The van der Waals surface area contributed by atoms with E-state index >= 15 is 0 Å². The number of hydrogen-bond donors (Lipinski definition) is 2. The molecule has 9 heteroatoms. The zero-order chi connectivity index (χ0) is 24.2. The third-order valence-electron chi connectivity index (χ3n) is 6.20. The number of phenolic OH excluding ortho intramolecular Hbond substituents is 1. The number of rotatable bonds is 7. The lowest BCUT2D eigenvalue weighted by atomic mass is 10.1. The Bertz CT molecular complexity index is 1350. The maximum absolute atomic E-state index is 12.6. The second-order valence-corrected chi connectivity index (χ2v) is 8.51. The largest absolute Gasteiger partial charge is 0.504 e. The third kappa shape index (κ3) is 5.20. The number of hydrogen-bond acceptors (Lipinski definition) is 7. The average Bonchev–Trinajstić information content (AvgIpc) is 3.51. The number of amides is 1. The number of phenols is 1. The Morgan fingerprint density at radius 3 is 2.86 bits per heavy atom. The molecule has 0 saturated carbocycles. The summed E-state index contributed by atoms with van der Waals surface area (Å²) in [4.78, 5) is 24.5. The van der Waals surface area contributed by atoms with E-state index in [1.165, 1.54) is 7.11 Å². The number of ether oxygens (including phenoxy) is 1. The Labute approximate surface area is 202 Å². The molecule has 3 heterocycles. The zero-order valence-corrected chi connectivity index (χ0v) is 19.5. The van der Waals surface area contributed by atoms with Crippen molar-refractivity contribution < 1.29 is 19.2 Å². The van der Waals surface area contributed by atoms with Gasteiger partial charge in [-0.05, 0) is 35.4 Å². The lowest BCUT2D eigenvalue weighted by Gasteiger charge is -2.33. The van der Waals surface area contributed by atoms with Crippen molar-refractivity contribution in [1.82, 2.24) is 24.9 Å². The topological polar surface area (TPSA) is 108 Å². The Hall–Kier alpha value is -4.11. The maximum atomic E-state index is 12.6. The predicted molar refractivity (Wildman–Crippen MR) is 131 cm³/mol. The summed E-state index contributed by atoms with van der Waals surface area (Å²) in [5.41, 5.74) is 3.00. The number of carbonyl (C=O) groups is 1. The predicted octanol–water partition coefficient (Wildman–Crippen LogP) is 3.21. The van der Waals surface area contributed by atoms with E-state index in [1.807, 2.05) is 29.3 Å². The van der Waals surface area contributed by atoms with Crippen molar-refractivity contribution in [2.24, 2.45) is 0 Å². The van der Waals surface area contributed by atoms with Crippen LogP contribution in [0.5, 0.6) is 11.5 Å². The van der Waals surface area contributed by atoms with Crippen LogP contribution in [0.4, 0.5) is 0 Å². The van der Waals surface area contributed by atoms with Gasteiger partial charge in [-0.25, -0.2) is 0 Å². The molecule has 4 aromatic rings. The minimum Gasteiger partial charge on any atom is -0.504 e. The van der Waals surface area contributed by atoms with Gasteiger partial charge in [0, 0.05) is 49.4 Å². The first-order valence-electron chi connectivity index (χ1n) is 11.5. The van der Waals surface area contributed by atoms with Gasteiger partial charge in [-0.2, -0.15) is 4.98 Å². The van der Waals surface area contributed by atoms with Gasteiger partial charge in [0.1, 0.15) is 0 Å².